The Morgan fingerprint density at radius 1 is 0.881 bits per heavy atom. The van der Waals surface area contributed by atoms with Crippen LogP contribution in [0.3, 0.4) is 0 Å². The molecule has 7 rings (SSSR count). The first-order valence-electron chi connectivity index (χ1n) is 13.8. The Morgan fingerprint density at radius 3 is 2.45 bits per heavy atom. The summed E-state index contributed by atoms with van der Waals surface area (Å²) in [7, 11) is 0. The Hall–Kier alpha value is -3.99. The van der Waals surface area contributed by atoms with E-state index in [-0.39, 0.29) is 17.2 Å². The highest BCUT2D eigenvalue weighted by molar-refractivity contribution is 6.36. The number of rotatable bonds is 2. The third-order valence-corrected chi connectivity index (χ3v) is 8.80. The number of carboxylic acids is 1. The maximum absolute atomic E-state index is 14.6. The molecule has 0 spiro atoms. The largest absolute Gasteiger partial charge is 0.478 e. The van der Waals surface area contributed by atoms with Crippen molar-refractivity contribution in [1.82, 2.24) is 4.98 Å². The molecule has 0 aliphatic heterocycles. The molecule has 0 fully saturated rings. The number of hydrogen-bond acceptors (Lipinski definition) is 2. The summed E-state index contributed by atoms with van der Waals surface area (Å²) in [5.74, 6) is -0.964. The highest BCUT2D eigenvalue weighted by atomic mass is 35.5. The van der Waals surface area contributed by atoms with E-state index in [4.69, 9.17) is 28.3 Å². The molecule has 0 radical (unpaired) electrons. The van der Waals surface area contributed by atoms with Gasteiger partial charge in [-0.05, 0) is 106 Å². The van der Waals surface area contributed by atoms with Crippen LogP contribution in [-0.4, -0.2) is 16.1 Å². The highest BCUT2D eigenvalue weighted by Crippen LogP contribution is 2.48. The number of carbonyl (C=O) groups is 1. The number of fused-ring (bicyclic) bond motifs is 6. The molecule has 1 aliphatic carbocycles. The van der Waals surface area contributed by atoms with Gasteiger partial charge in [0.2, 0.25) is 0 Å². The van der Waals surface area contributed by atoms with Gasteiger partial charge in [0.1, 0.15) is 5.82 Å². The summed E-state index contributed by atoms with van der Waals surface area (Å²) >= 11 is 12.6. The number of benzene rings is 5. The Labute approximate surface area is 253 Å². The minimum Gasteiger partial charge on any atom is -0.478 e. The van der Waals surface area contributed by atoms with Crippen LogP contribution in [0.25, 0.3) is 32.4 Å². The smallest absolute Gasteiger partial charge is 0.335 e. The van der Waals surface area contributed by atoms with E-state index in [2.05, 4.69) is 49.2 Å². The maximum atomic E-state index is 14.6. The molecule has 42 heavy (non-hydrogen) atoms. The van der Waals surface area contributed by atoms with Crippen LogP contribution >= 0.6 is 23.2 Å². The molecule has 210 valence electrons. The number of hydrogen-bond donors (Lipinski definition) is 1. The number of aromatic carboxylic acids is 1. The molecule has 1 heterocycles. The van der Waals surface area contributed by atoms with Gasteiger partial charge in [-0.15, -0.1) is 0 Å². The minimum absolute atomic E-state index is 0.0846. The second-order valence-corrected chi connectivity index (χ2v) is 12.3. The molecule has 0 saturated carbocycles. The molecule has 1 unspecified atom stereocenters. The van der Waals surface area contributed by atoms with Gasteiger partial charge < -0.3 is 5.11 Å². The first-order valence-corrected chi connectivity index (χ1v) is 14.5. The number of pyridine rings is 1. The summed E-state index contributed by atoms with van der Waals surface area (Å²) in [4.78, 5) is 14.7. The van der Waals surface area contributed by atoms with E-state index in [0.29, 0.717) is 10.6 Å². The summed E-state index contributed by atoms with van der Waals surface area (Å²) in [6.45, 7) is 4.53. The number of aromatic nitrogens is 1. The van der Waals surface area contributed by atoms with Crippen LogP contribution in [0.4, 0.5) is 4.39 Å². The summed E-state index contributed by atoms with van der Waals surface area (Å²) in [5.41, 5.74) is 4.41. The number of nitrogens with zero attached hydrogens (tertiary/aromatic N) is 1. The van der Waals surface area contributed by atoms with Crippen molar-refractivity contribution in [2.45, 2.75) is 38.0 Å². The predicted molar refractivity (Wildman–Crippen MR) is 171 cm³/mol. The van der Waals surface area contributed by atoms with E-state index in [0.717, 1.165) is 39.7 Å². The minimum atomic E-state index is -0.911. The quantitative estimate of drug-likeness (QED) is 0.202. The third kappa shape index (κ3) is 5.21. The first kappa shape index (κ1) is 28.1. The Kier molecular flexibility index (Phi) is 7.38. The van der Waals surface area contributed by atoms with Gasteiger partial charge in [0.05, 0.1) is 11.1 Å². The van der Waals surface area contributed by atoms with Gasteiger partial charge in [0.15, 0.2) is 0 Å². The lowest BCUT2D eigenvalue weighted by molar-refractivity contribution is 0.0697. The van der Waals surface area contributed by atoms with Crippen LogP contribution in [0.5, 0.6) is 0 Å². The van der Waals surface area contributed by atoms with Crippen molar-refractivity contribution in [2.75, 3.05) is 0 Å². The van der Waals surface area contributed by atoms with E-state index < -0.39 is 5.97 Å². The Morgan fingerprint density at radius 2 is 1.64 bits per heavy atom. The van der Waals surface area contributed by atoms with Gasteiger partial charge in [-0.25, -0.2) is 9.18 Å². The highest BCUT2D eigenvalue weighted by Gasteiger charge is 2.36. The molecule has 1 aliphatic rings. The van der Waals surface area contributed by atoms with Gasteiger partial charge >= 0.3 is 5.97 Å². The van der Waals surface area contributed by atoms with Crippen molar-refractivity contribution in [2.24, 2.45) is 0 Å². The zero-order valence-corrected chi connectivity index (χ0v) is 24.7. The van der Waals surface area contributed by atoms with Crippen molar-refractivity contribution < 1.29 is 14.3 Å². The second kappa shape index (κ2) is 11.0. The maximum Gasteiger partial charge on any atom is 0.335 e. The summed E-state index contributed by atoms with van der Waals surface area (Å²) in [6, 6.07) is 28.2. The van der Waals surface area contributed by atoms with Crippen molar-refractivity contribution in [3.05, 3.63) is 135 Å². The lowest BCUT2D eigenvalue weighted by Crippen LogP contribution is -2.29. The normalized spacial score (nSPS) is 15.7. The molecular formula is C36H28Cl2FNO2. The molecule has 5 aromatic carbocycles. The fraction of sp³-hybridized carbons (Fsp3) is 0.167. The summed E-state index contributed by atoms with van der Waals surface area (Å²) < 4.78 is 14.6. The van der Waals surface area contributed by atoms with E-state index >= 15 is 0 Å². The predicted octanol–water partition coefficient (Wildman–Crippen LogP) is 10.4. The van der Waals surface area contributed by atoms with Crippen LogP contribution in [0.2, 0.25) is 10.0 Å². The molecule has 3 nitrogen and oxygen atoms in total. The summed E-state index contributed by atoms with van der Waals surface area (Å²) in [5, 5.41) is 15.7. The molecule has 0 saturated heterocycles. The van der Waals surface area contributed by atoms with Crippen LogP contribution in [0, 0.1) is 5.82 Å². The molecule has 6 heteroatoms. The number of carboxylic acid groups (broad SMARTS) is 1. The lowest BCUT2D eigenvalue weighted by atomic mass is 9.65. The molecule has 1 N–H and O–H groups in total. The standard InChI is InChI=1S/C26H21Cl2F.C10H7NO2/c1-26(2)14-16(22-13-17(27)7-11-24(22)29)12-15-6-8-19-18-4-3-5-23(28)20(18)9-10-21(19)25(15)26;12-10(13)8-3-4-9-7(6-8)2-1-5-11-9/h3-11,13,16H,12,14H2,1-2H3;1-6H,(H,12,13). The van der Waals surface area contributed by atoms with E-state index in [1.54, 1.807) is 42.6 Å². The van der Waals surface area contributed by atoms with Crippen molar-refractivity contribution >= 4 is 61.6 Å². The van der Waals surface area contributed by atoms with Gasteiger partial charge in [-0.1, -0.05) is 79.5 Å². The van der Waals surface area contributed by atoms with Crippen LogP contribution in [-0.2, 0) is 11.8 Å². The van der Waals surface area contributed by atoms with Crippen LogP contribution in [0.1, 0.15) is 53.2 Å². The molecular weight excluding hydrogens is 568 g/mol. The number of halogens is 3. The first-order chi connectivity index (χ1) is 20.1. The van der Waals surface area contributed by atoms with Crippen molar-refractivity contribution in [1.29, 1.82) is 0 Å². The molecule has 1 atom stereocenters. The van der Waals surface area contributed by atoms with Crippen LogP contribution in [0.15, 0.2) is 97.2 Å². The third-order valence-electron chi connectivity index (χ3n) is 8.24. The van der Waals surface area contributed by atoms with Gasteiger partial charge in [-0.2, -0.15) is 0 Å². The van der Waals surface area contributed by atoms with Crippen molar-refractivity contribution in [3.8, 4) is 0 Å². The second-order valence-electron chi connectivity index (χ2n) is 11.5. The van der Waals surface area contributed by atoms with Crippen molar-refractivity contribution in [3.63, 3.8) is 0 Å². The van der Waals surface area contributed by atoms with Gasteiger partial charge in [0.25, 0.3) is 0 Å². The Bertz CT molecular complexity index is 2000. The molecule has 0 bridgehead atoms. The Balaban J connectivity index is 0.000000203. The van der Waals surface area contributed by atoms with E-state index in [1.165, 1.54) is 33.4 Å². The zero-order valence-electron chi connectivity index (χ0n) is 23.2. The summed E-state index contributed by atoms with van der Waals surface area (Å²) in [6.07, 6.45) is 3.38. The fourth-order valence-corrected chi connectivity index (χ4v) is 6.88. The SMILES string of the molecule is CC1(C)CC(c2cc(Cl)ccc2F)Cc2ccc3c(ccc4c(Cl)cccc43)c21.O=C(O)c1ccc2ncccc2c1. The average Bonchev–Trinajstić information content (AvgIpc) is 2.97. The monoisotopic (exact) mass is 595 g/mol. The average molecular weight is 597 g/mol. The molecule has 0 amide bonds. The zero-order chi connectivity index (χ0) is 29.6. The van der Waals surface area contributed by atoms with Gasteiger partial charge in [-0.3, -0.25) is 4.98 Å². The van der Waals surface area contributed by atoms with Crippen LogP contribution < -0.4 is 0 Å². The molecule has 1 aromatic heterocycles. The lowest BCUT2D eigenvalue weighted by Gasteiger charge is -2.39. The van der Waals surface area contributed by atoms with E-state index in [1.807, 2.05) is 18.2 Å². The fourth-order valence-electron chi connectivity index (χ4n) is 6.46. The van der Waals surface area contributed by atoms with E-state index in [9.17, 15) is 9.18 Å². The molecule has 6 aromatic rings. The van der Waals surface area contributed by atoms with Gasteiger partial charge in [0, 0.05) is 27.0 Å². The topological polar surface area (TPSA) is 50.2 Å².